The molecule has 31 heavy (non-hydrogen) atoms. The number of methoxy groups -OCH3 is 1. The van der Waals surface area contributed by atoms with Gasteiger partial charge < -0.3 is 10.1 Å². The zero-order valence-corrected chi connectivity index (χ0v) is 18.4. The van der Waals surface area contributed by atoms with Crippen molar-refractivity contribution in [2.45, 2.75) is 26.2 Å². The number of anilines is 1. The second kappa shape index (κ2) is 9.57. The number of rotatable bonds is 8. The molecule has 4 aromatic rings. The second-order valence-electron chi connectivity index (χ2n) is 7.22. The Morgan fingerprint density at radius 3 is 2.77 bits per heavy atom. The van der Waals surface area contributed by atoms with Crippen molar-refractivity contribution in [3.8, 4) is 22.1 Å². The lowest BCUT2D eigenvalue weighted by atomic mass is 10.1. The van der Waals surface area contributed by atoms with Gasteiger partial charge in [-0.3, -0.25) is 4.79 Å². The molecule has 2 aromatic carbocycles. The fourth-order valence-corrected chi connectivity index (χ4v) is 4.11. The van der Waals surface area contributed by atoms with Crippen LogP contribution >= 0.6 is 11.3 Å². The third-order valence-electron chi connectivity index (χ3n) is 4.85. The Morgan fingerprint density at radius 1 is 1.13 bits per heavy atom. The van der Waals surface area contributed by atoms with Gasteiger partial charge in [0.15, 0.2) is 0 Å². The van der Waals surface area contributed by atoms with E-state index >= 15 is 0 Å². The number of thiazole rings is 1. The Labute approximate surface area is 185 Å². The van der Waals surface area contributed by atoms with E-state index in [-0.39, 0.29) is 5.91 Å². The number of carbonyl (C=O) groups excluding carboxylic acids is 1. The van der Waals surface area contributed by atoms with Gasteiger partial charge in [0.1, 0.15) is 11.6 Å². The number of amides is 1. The predicted octanol–water partition coefficient (Wildman–Crippen LogP) is 5.27. The SMILES string of the molecule is COc1cccc(-c2csc(-n3nc(C)cc3NC(=O)CCCc3ccccc3)n2)c1. The minimum absolute atomic E-state index is 0.0262. The van der Waals surface area contributed by atoms with Crippen molar-refractivity contribution in [3.05, 3.63) is 77.3 Å². The molecule has 6 nitrogen and oxygen atoms in total. The van der Waals surface area contributed by atoms with Crippen LogP contribution in [0, 0.1) is 6.92 Å². The maximum atomic E-state index is 12.5. The van der Waals surface area contributed by atoms with Crippen molar-refractivity contribution >= 4 is 23.1 Å². The number of aromatic nitrogens is 3. The van der Waals surface area contributed by atoms with Gasteiger partial charge in [0.05, 0.1) is 18.5 Å². The Bertz CT molecular complexity index is 1170. The molecule has 2 heterocycles. The molecule has 0 saturated heterocycles. The largest absolute Gasteiger partial charge is 0.497 e. The van der Waals surface area contributed by atoms with Gasteiger partial charge in [-0.05, 0) is 37.5 Å². The molecule has 7 heteroatoms. The summed E-state index contributed by atoms with van der Waals surface area (Å²) in [7, 11) is 1.65. The van der Waals surface area contributed by atoms with Crippen molar-refractivity contribution in [1.29, 1.82) is 0 Å². The van der Waals surface area contributed by atoms with Crippen LogP contribution in [0.1, 0.15) is 24.1 Å². The Hall–Kier alpha value is -3.45. The number of hydrogen-bond donors (Lipinski definition) is 1. The van der Waals surface area contributed by atoms with Gasteiger partial charge in [-0.15, -0.1) is 11.3 Å². The van der Waals surface area contributed by atoms with E-state index in [2.05, 4.69) is 22.5 Å². The normalized spacial score (nSPS) is 10.8. The lowest BCUT2D eigenvalue weighted by molar-refractivity contribution is -0.116. The van der Waals surface area contributed by atoms with Gasteiger partial charge in [0.2, 0.25) is 11.0 Å². The molecule has 0 fully saturated rings. The van der Waals surface area contributed by atoms with E-state index in [1.807, 2.05) is 60.8 Å². The van der Waals surface area contributed by atoms with Gasteiger partial charge in [0.25, 0.3) is 0 Å². The molecule has 0 spiro atoms. The molecule has 0 aliphatic carbocycles. The van der Waals surface area contributed by atoms with Crippen LogP contribution in [0.5, 0.6) is 5.75 Å². The highest BCUT2D eigenvalue weighted by Gasteiger charge is 2.15. The van der Waals surface area contributed by atoms with Crippen LogP contribution in [0.2, 0.25) is 0 Å². The topological polar surface area (TPSA) is 69.0 Å². The number of carbonyl (C=O) groups is 1. The van der Waals surface area contributed by atoms with E-state index in [1.165, 1.54) is 16.9 Å². The number of nitrogens with one attached hydrogen (secondary N) is 1. The molecule has 2 aromatic heterocycles. The number of aryl methyl sites for hydroxylation is 2. The average molecular weight is 433 g/mol. The first-order chi connectivity index (χ1) is 15.1. The van der Waals surface area contributed by atoms with Gasteiger partial charge in [-0.1, -0.05) is 42.5 Å². The quantitative estimate of drug-likeness (QED) is 0.412. The van der Waals surface area contributed by atoms with Gasteiger partial charge in [-0.25, -0.2) is 4.98 Å². The molecular weight excluding hydrogens is 408 g/mol. The average Bonchev–Trinajstić information content (AvgIpc) is 3.41. The zero-order valence-electron chi connectivity index (χ0n) is 17.5. The summed E-state index contributed by atoms with van der Waals surface area (Å²) in [6.45, 7) is 1.90. The molecule has 1 amide bonds. The molecule has 0 bridgehead atoms. The monoisotopic (exact) mass is 432 g/mol. The van der Waals surface area contributed by atoms with E-state index in [4.69, 9.17) is 9.72 Å². The Morgan fingerprint density at radius 2 is 1.97 bits per heavy atom. The third-order valence-corrected chi connectivity index (χ3v) is 5.67. The lowest BCUT2D eigenvalue weighted by Crippen LogP contribution is -2.14. The van der Waals surface area contributed by atoms with E-state index in [0.717, 1.165) is 35.5 Å². The fraction of sp³-hybridized carbons (Fsp3) is 0.208. The van der Waals surface area contributed by atoms with Crippen LogP contribution in [0.25, 0.3) is 16.4 Å². The van der Waals surface area contributed by atoms with Crippen molar-refractivity contribution in [1.82, 2.24) is 14.8 Å². The van der Waals surface area contributed by atoms with E-state index in [1.54, 1.807) is 11.8 Å². The van der Waals surface area contributed by atoms with E-state index in [0.29, 0.717) is 17.4 Å². The van der Waals surface area contributed by atoms with Gasteiger partial charge >= 0.3 is 0 Å². The molecule has 0 aliphatic rings. The van der Waals surface area contributed by atoms with Crippen LogP contribution in [0.4, 0.5) is 5.82 Å². The molecular formula is C24H24N4O2S. The molecule has 0 radical (unpaired) electrons. The summed E-state index contributed by atoms with van der Waals surface area (Å²) in [5, 5.41) is 10.2. The molecule has 0 atom stereocenters. The number of nitrogens with zero attached hydrogens (tertiary/aromatic N) is 3. The Kier molecular flexibility index (Phi) is 6.43. The summed E-state index contributed by atoms with van der Waals surface area (Å²) < 4.78 is 7.00. The highest BCUT2D eigenvalue weighted by atomic mass is 32.1. The standard InChI is InChI=1S/C24H24N4O2S/c1-17-14-22(26-23(29)13-6-10-18-8-4-3-5-9-18)28(27-17)24-25-21(16-31-24)19-11-7-12-20(15-19)30-2/h3-5,7-9,11-12,14-16H,6,10,13H2,1-2H3,(H,26,29). The number of ether oxygens (including phenoxy) is 1. The minimum Gasteiger partial charge on any atom is -0.497 e. The van der Waals surface area contributed by atoms with Crippen LogP contribution in [-0.2, 0) is 11.2 Å². The first kappa shape index (κ1) is 20.8. The number of benzene rings is 2. The fourth-order valence-electron chi connectivity index (χ4n) is 3.31. The van der Waals surface area contributed by atoms with Crippen LogP contribution < -0.4 is 10.1 Å². The first-order valence-corrected chi connectivity index (χ1v) is 11.0. The van der Waals surface area contributed by atoms with Gasteiger partial charge in [0, 0.05) is 23.4 Å². The third kappa shape index (κ3) is 5.19. The van der Waals surface area contributed by atoms with E-state index in [9.17, 15) is 4.79 Å². The summed E-state index contributed by atoms with van der Waals surface area (Å²) in [4.78, 5) is 17.2. The molecule has 0 saturated carbocycles. The van der Waals surface area contributed by atoms with Crippen molar-refractivity contribution in [3.63, 3.8) is 0 Å². The maximum absolute atomic E-state index is 12.5. The van der Waals surface area contributed by atoms with Crippen molar-refractivity contribution < 1.29 is 9.53 Å². The highest BCUT2D eigenvalue weighted by molar-refractivity contribution is 7.12. The molecule has 0 unspecified atom stereocenters. The Balaban J connectivity index is 1.45. The summed E-state index contributed by atoms with van der Waals surface area (Å²) >= 11 is 1.48. The molecule has 1 N–H and O–H groups in total. The zero-order chi connectivity index (χ0) is 21.6. The molecule has 4 rings (SSSR count). The summed E-state index contributed by atoms with van der Waals surface area (Å²) in [6, 6.07) is 19.8. The minimum atomic E-state index is -0.0262. The van der Waals surface area contributed by atoms with Crippen molar-refractivity contribution in [2.24, 2.45) is 0 Å². The van der Waals surface area contributed by atoms with Crippen LogP contribution in [-0.4, -0.2) is 27.8 Å². The predicted molar refractivity (Wildman–Crippen MR) is 124 cm³/mol. The van der Waals surface area contributed by atoms with Crippen LogP contribution in [0.15, 0.2) is 66.0 Å². The van der Waals surface area contributed by atoms with E-state index < -0.39 is 0 Å². The van der Waals surface area contributed by atoms with Gasteiger partial charge in [-0.2, -0.15) is 9.78 Å². The summed E-state index contributed by atoms with van der Waals surface area (Å²) in [6.07, 6.45) is 2.12. The molecule has 0 aliphatic heterocycles. The smallest absolute Gasteiger partial charge is 0.225 e. The summed E-state index contributed by atoms with van der Waals surface area (Å²) in [5.74, 6) is 1.39. The summed E-state index contributed by atoms with van der Waals surface area (Å²) in [5.41, 5.74) is 3.87. The lowest BCUT2D eigenvalue weighted by Gasteiger charge is -2.07. The highest BCUT2D eigenvalue weighted by Crippen LogP contribution is 2.28. The first-order valence-electron chi connectivity index (χ1n) is 10.1. The second-order valence-corrected chi connectivity index (χ2v) is 8.05. The van der Waals surface area contributed by atoms with Crippen molar-refractivity contribution in [2.75, 3.05) is 12.4 Å². The molecule has 158 valence electrons. The number of hydrogen-bond acceptors (Lipinski definition) is 5. The van der Waals surface area contributed by atoms with Crippen LogP contribution in [0.3, 0.4) is 0 Å². The maximum Gasteiger partial charge on any atom is 0.225 e.